The van der Waals surface area contributed by atoms with Gasteiger partial charge in [0.2, 0.25) is 5.91 Å². The average molecular weight is 181 g/mol. The van der Waals surface area contributed by atoms with Gasteiger partial charge in [0.1, 0.15) is 0 Å². The molecule has 1 aliphatic carbocycles. The molecule has 2 rings (SSSR count). The summed E-state index contributed by atoms with van der Waals surface area (Å²) in [5, 5.41) is 0. The fourth-order valence-electron chi connectivity index (χ4n) is 2.45. The van der Waals surface area contributed by atoms with Gasteiger partial charge in [-0.1, -0.05) is 6.92 Å². The van der Waals surface area contributed by atoms with E-state index in [1.807, 2.05) is 6.92 Å². The summed E-state index contributed by atoms with van der Waals surface area (Å²) in [6.45, 7) is 4.27. The van der Waals surface area contributed by atoms with E-state index in [9.17, 15) is 9.59 Å². The topological polar surface area (TPSA) is 37.4 Å². The molecule has 3 heteroatoms. The minimum Gasteiger partial charge on any atom is -0.332 e. The Morgan fingerprint density at radius 1 is 1.46 bits per heavy atom. The fourth-order valence-corrected chi connectivity index (χ4v) is 2.45. The summed E-state index contributed by atoms with van der Waals surface area (Å²) in [6, 6.07) is -0.0857. The highest BCUT2D eigenvalue weighted by Crippen LogP contribution is 2.49. The molecule has 0 radical (unpaired) electrons. The molecule has 3 atom stereocenters. The van der Waals surface area contributed by atoms with Gasteiger partial charge in [0, 0.05) is 13.0 Å². The minimum absolute atomic E-state index is 0.0857. The van der Waals surface area contributed by atoms with Crippen LogP contribution in [0.2, 0.25) is 0 Å². The maximum Gasteiger partial charge on any atom is 0.222 e. The van der Waals surface area contributed by atoms with Crippen LogP contribution < -0.4 is 0 Å². The molecule has 1 aliphatic heterocycles. The largest absolute Gasteiger partial charge is 0.332 e. The first-order valence-electron chi connectivity index (χ1n) is 4.95. The molecule has 13 heavy (non-hydrogen) atoms. The van der Waals surface area contributed by atoms with Crippen molar-refractivity contribution in [2.24, 2.45) is 11.8 Å². The molecule has 1 amide bonds. The molecule has 0 bridgehead atoms. The Morgan fingerprint density at radius 2 is 2.15 bits per heavy atom. The van der Waals surface area contributed by atoms with Gasteiger partial charge in [0.05, 0.1) is 6.04 Å². The second kappa shape index (κ2) is 2.82. The van der Waals surface area contributed by atoms with Crippen LogP contribution in [0.1, 0.15) is 26.7 Å². The number of likely N-dealkylation sites (tertiary alicyclic amines) is 1. The summed E-state index contributed by atoms with van der Waals surface area (Å²) < 4.78 is 0. The van der Waals surface area contributed by atoms with E-state index in [1.54, 1.807) is 11.8 Å². The van der Waals surface area contributed by atoms with Crippen molar-refractivity contribution in [3.63, 3.8) is 0 Å². The van der Waals surface area contributed by atoms with Crippen molar-refractivity contribution in [3.8, 4) is 0 Å². The molecule has 0 aromatic rings. The Labute approximate surface area is 78.1 Å². The smallest absolute Gasteiger partial charge is 0.222 e. The van der Waals surface area contributed by atoms with Gasteiger partial charge in [-0.15, -0.1) is 0 Å². The zero-order valence-electron chi connectivity index (χ0n) is 8.12. The average Bonchev–Trinajstić information content (AvgIpc) is 2.74. The lowest BCUT2D eigenvalue weighted by Crippen LogP contribution is -2.42. The van der Waals surface area contributed by atoms with Crippen LogP contribution in [-0.4, -0.2) is 29.2 Å². The molecule has 1 saturated carbocycles. The molecule has 0 aromatic heterocycles. The Bertz CT molecular complexity index is 262. The standard InChI is InChI=1S/C10H15NO2/c1-3-9(13)11-5-7-4-8(7)10(11)6(2)12/h7-8,10H,3-5H2,1-2H3. The number of ketones is 1. The predicted molar refractivity (Wildman–Crippen MR) is 48.1 cm³/mol. The number of nitrogens with zero attached hydrogens (tertiary/aromatic N) is 1. The third kappa shape index (κ3) is 1.26. The number of carbonyl (C=O) groups is 2. The first-order valence-corrected chi connectivity index (χ1v) is 4.95. The van der Waals surface area contributed by atoms with E-state index < -0.39 is 0 Å². The highest BCUT2D eigenvalue weighted by Gasteiger charge is 2.55. The van der Waals surface area contributed by atoms with Crippen LogP contribution >= 0.6 is 0 Å². The van der Waals surface area contributed by atoms with Crippen LogP contribution in [0.3, 0.4) is 0 Å². The highest BCUT2D eigenvalue weighted by molar-refractivity contribution is 5.89. The third-order valence-electron chi connectivity index (χ3n) is 3.19. The van der Waals surface area contributed by atoms with Crippen LogP contribution in [0.25, 0.3) is 0 Å². The zero-order chi connectivity index (χ0) is 9.59. The summed E-state index contributed by atoms with van der Waals surface area (Å²) in [7, 11) is 0. The minimum atomic E-state index is -0.0857. The van der Waals surface area contributed by atoms with Crippen LogP contribution in [0.15, 0.2) is 0 Å². The van der Waals surface area contributed by atoms with Crippen molar-refractivity contribution in [1.82, 2.24) is 4.90 Å². The van der Waals surface area contributed by atoms with Crippen molar-refractivity contribution in [2.45, 2.75) is 32.7 Å². The second-order valence-electron chi connectivity index (χ2n) is 4.11. The first kappa shape index (κ1) is 8.73. The number of hydrogen-bond acceptors (Lipinski definition) is 2. The van der Waals surface area contributed by atoms with Gasteiger partial charge in [0.25, 0.3) is 0 Å². The number of rotatable bonds is 2. The summed E-state index contributed by atoms with van der Waals surface area (Å²) in [5.41, 5.74) is 0. The molecule has 1 saturated heterocycles. The molecule has 2 fully saturated rings. The van der Waals surface area contributed by atoms with Gasteiger partial charge in [-0.05, 0) is 25.2 Å². The van der Waals surface area contributed by atoms with E-state index in [1.165, 1.54) is 0 Å². The molecular formula is C10H15NO2. The number of piperidine rings is 1. The summed E-state index contributed by atoms with van der Waals surface area (Å²) >= 11 is 0. The maximum atomic E-state index is 11.5. The SMILES string of the molecule is CCC(=O)N1CC2CC2C1C(C)=O. The lowest BCUT2D eigenvalue weighted by molar-refractivity contribution is -0.137. The number of Topliss-reactive ketones (excluding diaryl/α,β-unsaturated/α-hetero) is 1. The monoisotopic (exact) mass is 181 g/mol. The normalized spacial score (nSPS) is 35.8. The summed E-state index contributed by atoms with van der Waals surface area (Å²) in [5.74, 6) is 1.41. The quantitative estimate of drug-likeness (QED) is 0.633. The van der Waals surface area contributed by atoms with E-state index >= 15 is 0 Å². The summed E-state index contributed by atoms with van der Waals surface area (Å²) in [6.07, 6.45) is 1.67. The van der Waals surface area contributed by atoms with Crippen LogP contribution in [0, 0.1) is 11.8 Å². The fraction of sp³-hybridized carbons (Fsp3) is 0.800. The summed E-state index contributed by atoms with van der Waals surface area (Å²) in [4.78, 5) is 24.6. The molecule has 2 aliphatic rings. The Balaban J connectivity index is 2.12. The van der Waals surface area contributed by atoms with Gasteiger partial charge < -0.3 is 4.90 Å². The van der Waals surface area contributed by atoms with Crippen molar-refractivity contribution in [3.05, 3.63) is 0 Å². The van der Waals surface area contributed by atoms with E-state index in [2.05, 4.69) is 0 Å². The predicted octanol–water partition coefficient (Wildman–Crippen LogP) is 0.832. The highest BCUT2D eigenvalue weighted by atomic mass is 16.2. The number of carbonyl (C=O) groups excluding carboxylic acids is 2. The van der Waals surface area contributed by atoms with Crippen LogP contribution in [0.5, 0.6) is 0 Å². The molecule has 0 aromatic carbocycles. The lowest BCUT2D eigenvalue weighted by atomic mass is 10.1. The molecule has 0 spiro atoms. The van der Waals surface area contributed by atoms with Gasteiger partial charge in [0.15, 0.2) is 5.78 Å². The van der Waals surface area contributed by atoms with Gasteiger partial charge in [-0.25, -0.2) is 0 Å². The second-order valence-corrected chi connectivity index (χ2v) is 4.11. The van der Waals surface area contributed by atoms with E-state index in [4.69, 9.17) is 0 Å². The number of hydrogen-bond donors (Lipinski definition) is 0. The van der Waals surface area contributed by atoms with Crippen LogP contribution in [0.4, 0.5) is 0 Å². The zero-order valence-corrected chi connectivity index (χ0v) is 8.12. The molecule has 3 nitrogen and oxygen atoms in total. The van der Waals surface area contributed by atoms with Crippen molar-refractivity contribution in [2.75, 3.05) is 6.54 Å². The van der Waals surface area contributed by atoms with Gasteiger partial charge in [-0.3, -0.25) is 9.59 Å². The number of fused-ring (bicyclic) bond motifs is 1. The maximum absolute atomic E-state index is 11.5. The van der Waals surface area contributed by atoms with Crippen molar-refractivity contribution < 1.29 is 9.59 Å². The Kier molecular flexibility index (Phi) is 1.90. The Hall–Kier alpha value is -0.860. The molecule has 72 valence electrons. The van der Waals surface area contributed by atoms with Crippen molar-refractivity contribution >= 4 is 11.7 Å². The van der Waals surface area contributed by atoms with Crippen LogP contribution in [-0.2, 0) is 9.59 Å². The van der Waals surface area contributed by atoms with E-state index in [0.29, 0.717) is 18.3 Å². The first-order chi connectivity index (χ1) is 6.15. The van der Waals surface area contributed by atoms with E-state index in [-0.39, 0.29) is 17.7 Å². The molecule has 0 N–H and O–H groups in total. The van der Waals surface area contributed by atoms with Gasteiger partial charge >= 0.3 is 0 Å². The lowest BCUT2D eigenvalue weighted by Gasteiger charge is -2.24. The van der Waals surface area contributed by atoms with Gasteiger partial charge in [-0.2, -0.15) is 0 Å². The Morgan fingerprint density at radius 3 is 2.69 bits per heavy atom. The molecule has 1 heterocycles. The van der Waals surface area contributed by atoms with Crippen molar-refractivity contribution in [1.29, 1.82) is 0 Å². The van der Waals surface area contributed by atoms with E-state index in [0.717, 1.165) is 13.0 Å². The molecular weight excluding hydrogens is 166 g/mol. The molecule has 3 unspecified atom stereocenters. The number of amides is 1. The third-order valence-corrected chi connectivity index (χ3v) is 3.19.